The average molecular weight is 489 g/mol. The number of methoxy groups -OCH3 is 4. The van der Waals surface area contributed by atoms with E-state index < -0.39 is 0 Å². The molecule has 0 fully saturated rings. The summed E-state index contributed by atoms with van der Waals surface area (Å²) in [6.07, 6.45) is 1.52. The fourth-order valence-electron chi connectivity index (χ4n) is 3.30. The number of anilines is 5. The molecule has 0 aliphatic heterocycles. The molecular weight excluding hydrogens is 460 g/mol. The molecule has 3 aromatic rings. The molecule has 3 rings (SSSR count). The normalized spacial score (nSPS) is 10.4. The van der Waals surface area contributed by atoms with Crippen LogP contribution < -0.4 is 40.2 Å². The zero-order chi connectivity index (χ0) is 24.7. The lowest BCUT2D eigenvalue weighted by atomic mass is 10.2. The molecule has 0 aliphatic rings. The molecule has 0 saturated carbocycles. The standard InChI is InChI=1S/C23H29ClN6O4/c1-30(9-8-25)18-12-15(31-2)6-7-17(18)28-22-16(24)13-26-23(29-22)27-14-10-19(32-3)21(34-5)20(11-14)33-4/h6-7,10-13H,8-9,25H2,1-5H3,(H2,26,27,28,29). The van der Waals surface area contributed by atoms with Crippen LogP contribution in [0.2, 0.25) is 5.02 Å². The maximum Gasteiger partial charge on any atom is 0.229 e. The molecule has 0 atom stereocenters. The number of benzene rings is 2. The van der Waals surface area contributed by atoms with Gasteiger partial charge in [0.1, 0.15) is 10.8 Å². The van der Waals surface area contributed by atoms with E-state index in [0.29, 0.717) is 52.8 Å². The molecule has 1 heterocycles. The Morgan fingerprint density at radius 2 is 1.68 bits per heavy atom. The van der Waals surface area contributed by atoms with Gasteiger partial charge in [0, 0.05) is 44.0 Å². The SMILES string of the molecule is COc1ccc(Nc2nc(Nc3cc(OC)c(OC)c(OC)c3)ncc2Cl)c(N(C)CCN)c1. The van der Waals surface area contributed by atoms with Crippen LogP contribution in [0.3, 0.4) is 0 Å². The number of rotatable bonds is 11. The summed E-state index contributed by atoms with van der Waals surface area (Å²) in [6, 6.07) is 9.19. The first-order valence-corrected chi connectivity index (χ1v) is 10.8. The number of aromatic nitrogens is 2. The summed E-state index contributed by atoms with van der Waals surface area (Å²) in [5.41, 5.74) is 8.07. The van der Waals surface area contributed by atoms with Crippen LogP contribution >= 0.6 is 11.6 Å². The van der Waals surface area contributed by atoms with Crippen LogP contribution in [0.5, 0.6) is 23.0 Å². The second kappa shape index (κ2) is 11.5. The predicted molar refractivity (Wildman–Crippen MR) is 135 cm³/mol. The van der Waals surface area contributed by atoms with E-state index in [9.17, 15) is 0 Å². The molecule has 11 heteroatoms. The number of hydrogen-bond donors (Lipinski definition) is 3. The van der Waals surface area contributed by atoms with Gasteiger partial charge in [0.2, 0.25) is 11.7 Å². The van der Waals surface area contributed by atoms with Crippen LogP contribution in [0, 0.1) is 0 Å². The highest BCUT2D eigenvalue weighted by molar-refractivity contribution is 6.33. The van der Waals surface area contributed by atoms with E-state index >= 15 is 0 Å². The number of nitrogens with one attached hydrogen (secondary N) is 2. The van der Waals surface area contributed by atoms with Gasteiger partial charge in [-0.3, -0.25) is 0 Å². The molecule has 4 N–H and O–H groups in total. The van der Waals surface area contributed by atoms with Crippen molar-refractivity contribution in [1.82, 2.24) is 9.97 Å². The van der Waals surface area contributed by atoms with Crippen LogP contribution in [0.25, 0.3) is 0 Å². The van der Waals surface area contributed by atoms with E-state index in [4.69, 9.17) is 36.3 Å². The summed E-state index contributed by atoms with van der Waals surface area (Å²) in [5.74, 6) is 2.97. The minimum Gasteiger partial charge on any atom is -0.497 e. The lowest BCUT2D eigenvalue weighted by Crippen LogP contribution is -2.25. The first-order chi connectivity index (χ1) is 16.4. The van der Waals surface area contributed by atoms with Crippen molar-refractivity contribution in [1.29, 1.82) is 0 Å². The van der Waals surface area contributed by atoms with Gasteiger partial charge in [0.15, 0.2) is 17.3 Å². The van der Waals surface area contributed by atoms with Gasteiger partial charge in [0.05, 0.1) is 46.0 Å². The van der Waals surface area contributed by atoms with Crippen LogP contribution in [0.15, 0.2) is 36.5 Å². The van der Waals surface area contributed by atoms with Crippen LogP contribution in [-0.4, -0.2) is 58.5 Å². The van der Waals surface area contributed by atoms with Crippen LogP contribution in [0.4, 0.5) is 28.8 Å². The van der Waals surface area contributed by atoms with E-state index in [1.807, 2.05) is 30.1 Å². The zero-order valence-corrected chi connectivity index (χ0v) is 20.6. The minimum absolute atomic E-state index is 0.326. The molecule has 0 spiro atoms. The van der Waals surface area contributed by atoms with Crippen molar-refractivity contribution in [2.45, 2.75) is 0 Å². The number of likely N-dealkylation sites (N-methyl/N-ethyl adjacent to an activating group) is 1. The lowest BCUT2D eigenvalue weighted by molar-refractivity contribution is 0.324. The van der Waals surface area contributed by atoms with Crippen molar-refractivity contribution in [3.8, 4) is 23.0 Å². The highest BCUT2D eigenvalue weighted by atomic mass is 35.5. The van der Waals surface area contributed by atoms with Gasteiger partial charge >= 0.3 is 0 Å². The van der Waals surface area contributed by atoms with Crippen molar-refractivity contribution >= 4 is 40.4 Å². The monoisotopic (exact) mass is 488 g/mol. The molecule has 182 valence electrons. The number of nitrogens with zero attached hydrogens (tertiary/aromatic N) is 3. The Labute approximate surface area is 203 Å². The van der Waals surface area contributed by atoms with Gasteiger partial charge in [-0.25, -0.2) is 4.98 Å². The lowest BCUT2D eigenvalue weighted by Gasteiger charge is -2.23. The number of halogens is 1. The number of hydrogen-bond acceptors (Lipinski definition) is 10. The van der Waals surface area contributed by atoms with Gasteiger partial charge in [-0.1, -0.05) is 11.6 Å². The molecule has 0 aliphatic carbocycles. The maximum atomic E-state index is 6.41. The van der Waals surface area contributed by atoms with Gasteiger partial charge in [-0.15, -0.1) is 0 Å². The van der Waals surface area contributed by atoms with Crippen molar-refractivity contribution in [2.24, 2.45) is 5.73 Å². The summed E-state index contributed by atoms with van der Waals surface area (Å²) in [4.78, 5) is 10.9. The topological polar surface area (TPSA) is 116 Å². The second-order valence-corrected chi connectivity index (χ2v) is 7.55. The molecule has 10 nitrogen and oxygen atoms in total. The van der Waals surface area contributed by atoms with E-state index in [1.165, 1.54) is 6.20 Å². The number of nitrogens with two attached hydrogens (primary N) is 1. The highest BCUT2D eigenvalue weighted by Crippen LogP contribution is 2.40. The molecule has 0 amide bonds. The fraction of sp³-hybridized carbons (Fsp3) is 0.304. The third-order valence-electron chi connectivity index (χ3n) is 5.00. The smallest absolute Gasteiger partial charge is 0.229 e. The first kappa shape index (κ1) is 25.0. The first-order valence-electron chi connectivity index (χ1n) is 10.4. The molecule has 2 aromatic carbocycles. The average Bonchev–Trinajstić information content (AvgIpc) is 2.85. The third-order valence-corrected chi connectivity index (χ3v) is 5.28. The summed E-state index contributed by atoms with van der Waals surface area (Å²) < 4.78 is 21.6. The van der Waals surface area contributed by atoms with Gasteiger partial charge in [-0.2, -0.15) is 4.98 Å². The van der Waals surface area contributed by atoms with E-state index in [-0.39, 0.29) is 0 Å². The number of ether oxygens (including phenoxy) is 4. The van der Waals surface area contributed by atoms with Gasteiger partial charge < -0.3 is 40.2 Å². The highest BCUT2D eigenvalue weighted by Gasteiger charge is 2.16. The predicted octanol–water partition coefficient (Wildman–Crippen LogP) is 4.05. The Morgan fingerprint density at radius 3 is 2.26 bits per heavy atom. The zero-order valence-electron chi connectivity index (χ0n) is 19.8. The van der Waals surface area contributed by atoms with E-state index in [1.54, 1.807) is 40.6 Å². The van der Waals surface area contributed by atoms with Crippen LogP contribution in [0.1, 0.15) is 0 Å². The summed E-state index contributed by atoms with van der Waals surface area (Å²) in [5, 5.41) is 6.80. The third kappa shape index (κ3) is 5.64. The van der Waals surface area contributed by atoms with Gasteiger partial charge in [0.25, 0.3) is 0 Å². The fourth-order valence-corrected chi connectivity index (χ4v) is 3.44. The van der Waals surface area contributed by atoms with Crippen molar-refractivity contribution in [3.05, 3.63) is 41.6 Å². The van der Waals surface area contributed by atoms with Crippen LogP contribution in [-0.2, 0) is 0 Å². The van der Waals surface area contributed by atoms with Gasteiger partial charge in [-0.05, 0) is 12.1 Å². The maximum absolute atomic E-state index is 6.41. The molecule has 0 bridgehead atoms. The largest absolute Gasteiger partial charge is 0.497 e. The second-order valence-electron chi connectivity index (χ2n) is 7.15. The molecule has 0 radical (unpaired) electrons. The quantitative estimate of drug-likeness (QED) is 0.365. The van der Waals surface area contributed by atoms with Crippen molar-refractivity contribution in [2.75, 3.05) is 64.1 Å². The molecule has 0 unspecified atom stereocenters. The summed E-state index contributed by atoms with van der Waals surface area (Å²) >= 11 is 6.41. The summed E-state index contributed by atoms with van der Waals surface area (Å²) in [7, 11) is 8.22. The molecule has 1 aromatic heterocycles. The Bertz CT molecular complexity index is 1110. The Balaban J connectivity index is 1.93. The van der Waals surface area contributed by atoms with E-state index in [0.717, 1.165) is 17.1 Å². The molecule has 34 heavy (non-hydrogen) atoms. The molecule has 0 saturated heterocycles. The van der Waals surface area contributed by atoms with Crippen molar-refractivity contribution in [3.63, 3.8) is 0 Å². The summed E-state index contributed by atoms with van der Waals surface area (Å²) in [6.45, 7) is 1.16. The molecular formula is C23H29ClN6O4. The Morgan fingerprint density at radius 1 is 0.971 bits per heavy atom. The van der Waals surface area contributed by atoms with Crippen molar-refractivity contribution < 1.29 is 18.9 Å². The van der Waals surface area contributed by atoms with E-state index in [2.05, 4.69) is 20.6 Å². The Hall–Kier alpha value is -3.63. The Kier molecular flexibility index (Phi) is 8.44. The minimum atomic E-state index is 0.326.